The Hall–Kier alpha value is -2.47. The maximum absolute atomic E-state index is 14.4. The number of halogens is 1. The van der Waals surface area contributed by atoms with Gasteiger partial charge in [-0.05, 0) is 56.7 Å². The van der Waals surface area contributed by atoms with E-state index >= 15 is 0 Å². The van der Waals surface area contributed by atoms with Gasteiger partial charge >= 0.3 is 0 Å². The monoisotopic (exact) mass is 456 g/mol. The molecule has 180 valence electrons. The van der Waals surface area contributed by atoms with Gasteiger partial charge in [0.1, 0.15) is 23.4 Å². The number of rotatable bonds is 8. The van der Waals surface area contributed by atoms with Crippen molar-refractivity contribution in [3.63, 3.8) is 0 Å². The highest BCUT2D eigenvalue weighted by atomic mass is 19.1. The number of nitrogens with zero attached hydrogens (tertiary/aromatic N) is 2. The van der Waals surface area contributed by atoms with Crippen molar-refractivity contribution in [1.82, 2.24) is 0 Å². The summed E-state index contributed by atoms with van der Waals surface area (Å²) in [6, 6.07) is 13.9. The first kappa shape index (κ1) is 23.7. The summed E-state index contributed by atoms with van der Waals surface area (Å²) in [6.45, 7) is 9.48. The van der Waals surface area contributed by atoms with E-state index in [1.165, 1.54) is 11.8 Å². The van der Waals surface area contributed by atoms with Crippen LogP contribution in [0.25, 0.3) is 0 Å². The predicted molar refractivity (Wildman–Crippen MR) is 131 cm³/mol. The molecule has 0 aromatic heterocycles. The number of hydrogen-bond donors (Lipinski definition) is 0. The molecule has 2 aromatic carbocycles. The van der Waals surface area contributed by atoms with Crippen LogP contribution in [0.4, 0.5) is 15.8 Å². The number of benzene rings is 2. The normalized spacial score (nSPS) is 23.7. The molecule has 0 unspecified atom stereocenters. The summed E-state index contributed by atoms with van der Waals surface area (Å²) < 4.78 is 31.9. The third kappa shape index (κ3) is 5.21. The smallest absolute Gasteiger partial charge is 0.146 e. The van der Waals surface area contributed by atoms with E-state index in [-0.39, 0.29) is 18.0 Å². The van der Waals surface area contributed by atoms with Gasteiger partial charge in [0.05, 0.1) is 18.4 Å². The van der Waals surface area contributed by atoms with Crippen molar-refractivity contribution in [2.45, 2.75) is 58.3 Å². The minimum absolute atomic E-state index is 0.137. The number of ether oxygens (including phenoxy) is 3. The van der Waals surface area contributed by atoms with E-state index in [0.717, 1.165) is 44.6 Å². The molecule has 3 atom stereocenters. The van der Waals surface area contributed by atoms with Crippen LogP contribution >= 0.6 is 0 Å². The van der Waals surface area contributed by atoms with Gasteiger partial charge in [-0.2, -0.15) is 0 Å². The van der Waals surface area contributed by atoms with Crippen LogP contribution in [0, 0.1) is 11.7 Å². The Kier molecular flexibility index (Phi) is 7.63. The van der Waals surface area contributed by atoms with Crippen LogP contribution in [0.1, 0.15) is 40.0 Å². The molecule has 2 saturated heterocycles. The molecule has 4 rings (SSSR count). The van der Waals surface area contributed by atoms with E-state index in [2.05, 4.69) is 47.9 Å². The van der Waals surface area contributed by atoms with Crippen molar-refractivity contribution in [1.29, 1.82) is 0 Å². The predicted octanol–water partition coefficient (Wildman–Crippen LogP) is 5.52. The number of hydrogen-bond acceptors (Lipinski definition) is 5. The van der Waals surface area contributed by atoms with Crippen LogP contribution in [-0.4, -0.2) is 51.6 Å². The van der Waals surface area contributed by atoms with Gasteiger partial charge in [-0.15, -0.1) is 0 Å². The van der Waals surface area contributed by atoms with E-state index in [4.69, 9.17) is 14.2 Å². The largest absolute Gasteiger partial charge is 0.494 e. The summed E-state index contributed by atoms with van der Waals surface area (Å²) in [5, 5.41) is 0. The van der Waals surface area contributed by atoms with Crippen molar-refractivity contribution >= 4 is 11.4 Å². The Morgan fingerprint density at radius 2 is 1.70 bits per heavy atom. The molecule has 0 spiro atoms. The fourth-order valence-corrected chi connectivity index (χ4v) is 5.35. The molecule has 0 aliphatic carbocycles. The highest BCUT2D eigenvalue weighted by molar-refractivity contribution is 5.53. The molecule has 5 nitrogen and oxygen atoms in total. The summed E-state index contributed by atoms with van der Waals surface area (Å²) in [7, 11) is 1.82. The van der Waals surface area contributed by atoms with Gasteiger partial charge in [0.25, 0.3) is 0 Å². The third-order valence-electron chi connectivity index (χ3n) is 7.22. The van der Waals surface area contributed by atoms with E-state index in [0.29, 0.717) is 30.0 Å². The molecular formula is C27H37FN2O3. The highest BCUT2D eigenvalue weighted by Gasteiger charge is 2.38. The molecule has 0 amide bonds. The van der Waals surface area contributed by atoms with E-state index in [9.17, 15) is 4.39 Å². The molecular weight excluding hydrogens is 419 g/mol. The summed E-state index contributed by atoms with van der Waals surface area (Å²) >= 11 is 0. The lowest BCUT2D eigenvalue weighted by Crippen LogP contribution is -2.38. The molecule has 2 aromatic rings. The van der Waals surface area contributed by atoms with Crippen molar-refractivity contribution in [3.05, 3.63) is 48.3 Å². The molecule has 6 heteroatoms. The Labute approximate surface area is 197 Å². The molecule has 2 fully saturated rings. The zero-order valence-electron chi connectivity index (χ0n) is 20.3. The molecule has 2 aliphatic rings. The second-order valence-corrected chi connectivity index (χ2v) is 9.08. The van der Waals surface area contributed by atoms with Crippen molar-refractivity contribution in [3.8, 4) is 11.5 Å². The zero-order valence-corrected chi connectivity index (χ0v) is 20.3. The second-order valence-electron chi connectivity index (χ2n) is 9.08. The minimum Gasteiger partial charge on any atom is -0.494 e. The Balaban J connectivity index is 1.33. The Bertz CT molecular complexity index is 899. The highest BCUT2D eigenvalue weighted by Crippen LogP contribution is 2.34. The first-order valence-electron chi connectivity index (χ1n) is 12.3. The van der Waals surface area contributed by atoms with Gasteiger partial charge in [0, 0.05) is 63.3 Å². The van der Waals surface area contributed by atoms with Crippen LogP contribution in [0.3, 0.4) is 0 Å². The van der Waals surface area contributed by atoms with Crippen LogP contribution in [0.2, 0.25) is 0 Å². The fraction of sp³-hybridized carbons (Fsp3) is 0.556. The van der Waals surface area contributed by atoms with Crippen LogP contribution in [0.5, 0.6) is 11.5 Å². The van der Waals surface area contributed by atoms with Gasteiger partial charge in [-0.3, -0.25) is 0 Å². The average Bonchev–Trinajstić information content (AvgIpc) is 3.17. The summed E-state index contributed by atoms with van der Waals surface area (Å²) in [5.41, 5.74) is 1.83. The number of anilines is 2. The second kappa shape index (κ2) is 10.6. The first-order valence-corrected chi connectivity index (χ1v) is 12.3. The summed E-state index contributed by atoms with van der Waals surface area (Å²) in [4.78, 5) is 4.53. The lowest BCUT2D eigenvalue weighted by molar-refractivity contribution is 0.0766. The van der Waals surface area contributed by atoms with Crippen LogP contribution in [0.15, 0.2) is 42.5 Å². The van der Waals surface area contributed by atoms with E-state index in [1.54, 1.807) is 12.1 Å². The SMILES string of the molecule is CCOc1ccc(F)c(N2CCC(Oc3ccc(N4C[C@H](OC)[C@@H](CC)[C@@H]4C)cc3)CC2)c1. The molecule has 0 radical (unpaired) electrons. The Morgan fingerprint density at radius 1 is 1.00 bits per heavy atom. The quantitative estimate of drug-likeness (QED) is 0.522. The maximum atomic E-state index is 14.4. The lowest BCUT2D eigenvalue weighted by atomic mass is 9.96. The topological polar surface area (TPSA) is 34.2 Å². The maximum Gasteiger partial charge on any atom is 0.146 e. The number of methoxy groups -OCH3 is 1. The molecule has 2 heterocycles. The van der Waals surface area contributed by atoms with Crippen LogP contribution < -0.4 is 19.3 Å². The average molecular weight is 457 g/mol. The standard InChI is InChI=1S/C27H37FN2O3/c1-5-24-19(3)30(18-27(24)31-4)20-7-9-21(10-8-20)33-22-13-15-29(16-14-22)26-17-23(32-6-2)11-12-25(26)28/h7-12,17,19,22,24,27H,5-6,13-16,18H2,1-4H3/t19-,24-,27-/m0/s1. The summed E-state index contributed by atoms with van der Waals surface area (Å²) in [6.07, 6.45) is 3.26. The van der Waals surface area contributed by atoms with E-state index < -0.39 is 0 Å². The van der Waals surface area contributed by atoms with Gasteiger partial charge in [0.15, 0.2) is 0 Å². The molecule has 2 aliphatic heterocycles. The van der Waals surface area contributed by atoms with Crippen molar-refractivity contribution in [2.75, 3.05) is 43.2 Å². The van der Waals surface area contributed by atoms with Gasteiger partial charge in [-0.1, -0.05) is 6.92 Å². The van der Waals surface area contributed by atoms with Gasteiger partial charge in [-0.25, -0.2) is 4.39 Å². The van der Waals surface area contributed by atoms with Crippen molar-refractivity contribution < 1.29 is 18.6 Å². The van der Waals surface area contributed by atoms with Gasteiger partial charge < -0.3 is 24.0 Å². The molecule has 0 N–H and O–H groups in total. The number of piperidine rings is 1. The minimum atomic E-state index is -0.203. The van der Waals surface area contributed by atoms with Crippen molar-refractivity contribution in [2.24, 2.45) is 5.92 Å². The fourth-order valence-electron chi connectivity index (χ4n) is 5.35. The first-order chi connectivity index (χ1) is 16.0. The summed E-state index contributed by atoms with van der Waals surface area (Å²) in [5.74, 6) is 1.95. The zero-order chi connectivity index (χ0) is 23.4. The van der Waals surface area contributed by atoms with Gasteiger partial charge in [0.2, 0.25) is 0 Å². The van der Waals surface area contributed by atoms with Crippen LogP contribution in [-0.2, 0) is 4.74 Å². The van der Waals surface area contributed by atoms with E-state index in [1.807, 2.05) is 14.0 Å². The molecule has 33 heavy (non-hydrogen) atoms. The Morgan fingerprint density at radius 3 is 2.30 bits per heavy atom. The third-order valence-corrected chi connectivity index (χ3v) is 7.22. The molecule has 0 bridgehead atoms. The lowest BCUT2D eigenvalue weighted by Gasteiger charge is -2.34. The molecule has 0 saturated carbocycles.